The molecule has 0 aliphatic carbocycles. The molecule has 0 aromatic rings. The fraction of sp³-hybridized carbons (Fsp3) is 0.796. The number of carbonyl (C=O) groups excluding carboxylic acids is 2. The Labute approximate surface area is 335 Å². The molecule has 5 heteroatoms. The van der Waals surface area contributed by atoms with Gasteiger partial charge >= 0.3 is 11.9 Å². The Hall–Kier alpha value is -2.14. The molecule has 0 bridgehead atoms. The highest BCUT2D eigenvalue weighted by Crippen LogP contribution is 2.13. The Balaban J connectivity index is 4.24. The maximum atomic E-state index is 12.7. The van der Waals surface area contributed by atoms with E-state index < -0.39 is 6.10 Å². The van der Waals surface area contributed by atoms with E-state index in [4.69, 9.17) is 14.2 Å². The molecule has 1 unspecified atom stereocenters. The molecule has 0 saturated heterocycles. The van der Waals surface area contributed by atoms with Crippen molar-refractivity contribution in [3.63, 3.8) is 0 Å². The van der Waals surface area contributed by atoms with Crippen LogP contribution in [0, 0.1) is 0 Å². The fourth-order valence-corrected chi connectivity index (χ4v) is 6.40. The fourth-order valence-electron chi connectivity index (χ4n) is 6.40. The molecular formula is C49H88O5. The summed E-state index contributed by atoms with van der Waals surface area (Å²) in [5, 5.41) is 0. The Bertz CT molecular complexity index is 904. The monoisotopic (exact) mass is 757 g/mol. The standard InChI is InChI=1S/C49H88O5/c1-4-7-10-13-16-19-21-23-25-26-28-31-33-36-39-42-48(50)53-46-47(54-49(51)43-40-37-34-30-18-15-12-9-6-3)45-52-44-41-38-35-32-29-27-24-22-20-17-14-11-8-5-2/h7,10,16,19-20,22-23,25,47H,4-6,8-9,11-15,17-18,21,24,26-46H2,1-3H3/b10-7-,19-16-,22-20-,25-23-. The third-order valence-electron chi connectivity index (χ3n) is 9.85. The van der Waals surface area contributed by atoms with Crippen LogP contribution in [-0.4, -0.2) is 37.9 Å². The minimum atomic E-state index is -0.541. The predicted octanol–water partition coefficient (Wildman–Crippen LogP) is 15.2. The molecule has 0 spiro atoms. The van der Waals surface area contributed by atoms with Crippen molar-refractivity contribution in [2.45, 2.75) is 232 Å². The Morgan fingerprint density at radius 2 is 0.833 bits per heavy atom. The van der Waals surface area contributed by atoms with Crippen molar-refractivity contribution in [3.8, 4) is 0 Å². The summed E-state index contributed by atoms with van der Waals surface area (Å²) in [5.41, 5.74) is 0. The van der Waals surface area contributed by atoms with Crippen molar-refractivity contribution in [2.75, 3.05) is 19.8 Å². The van der Waals surface area contributed by atoms with Crippen molar-refractivity contribution in [2.24, 2.45) is 0 Å². The lowest BCUT2D eigenvalue weighted by atomic mass is 10.1. The molecule has 0 N–H and O–H groups in total. The molecule has 0 saturated carbocycles. The van der Waals surface area contributed by atoms with Crippen LogP contribution >= 0.6 is 0 Å². The van der Waals surface area contributed by atoms with E-state index in [2.05, 4.69) is 69.4 Å². The molecule has 0 radical (unpaired) electrons. The maximum Gasteiger partial charge on any atom is 0.306 e. The van der Waals surface area contributed by atoms with Crippen LogP contribution < -0.4 is 0 Å². The molecule has 0 aromatic heterocycles. The zero-order valence-electron chi connectivity index (χ0n) is 36.0. The number of allylic oxidation sites excluding steroid dienone is 8. The topological polar surface area (TPSA) is 61.8 Å². The van der Waals surface area contributed by atoms with Crippen LogP contribution in [0.2, 0.25) is 0 Å². The first-order chi connectivity index (χ1) is 26.6. The lowest BCUT2D eigenvalue weighted by molar-refractivity contribution is -0.163. The quantitative estimate of drug-likeness (QED) is 0.0353. The first kappa shape index (κ1) is 51.9. The number of hydrogen-bond acceptors (Lipinski definition) is 5. The van der Waals surface area contributed by atoms with Gasteiger partial charge in [0.15, 0.2) is 6.10 Å². The van der Waals surface area contributed by atoms with Gasteiger partial charge < -0.3 is 14.2 Å². The second-order valence-corrected chi connectivity index (χ2v) is 15.3. The van der Waals surface area contributed by atoms with Crippen molar-refractivity contribution < 1.29 is 23.8 Å². The molecule has 0 fully saturated rings. The van der Waals surface area contributed by atoms with E-state index in [1.54, 1.807) is 0 Å². The molecule has 1 atom stereocenters. The van der Waals surface area contributed by atoms with Crippen LogP contribution in [0.5, 0.6) is 0 Å². The highest BCUT2D eigenvalue weighted by molar-refractivity contribution is 5.70. The zero-order chi connectivity index (χ0) is 39.3. The highest BCUT2D eigenvalue weighted by Gasteiger charge is 2.17. The minimum Gasteiger partial charge on any atom is -0.462 e. The van der Waals surface area contributed by atoms with Gasteiger partial charge in [-0.2, -0.15) is 0 Å². The highest BCUT2D eigenvalue weighted by atomic mass is 16.6. The Kier molecular flexibility index (Phi) is 43.5. The Morgan fingerprint density at radius 1 is 0.426 bits per heavy atom. The Morgan fingerprint density at radius 3 is 1.37 bits per heavy atom. The molecule has 0 rings (SSSR count). The van der Waals surface area contributed by atoms with Crippen molar-refractivity contribution in [1.82, 2.24) is 0 Å². The van der Waals surface area contributed by atoms with Gasteiger partial charge in [-0.1, -0.05) is 185 Å². The summed E-state index contributed by atoms with van der Waals surface area (Å²) in [4.78, 5) is 25.2. The van der Waals surface area contributed by atoms with Gasteiger partial charge in [0.1, 0.15) is 6.61 Å². The van der Waals surface area contributed by atoms with Crippen molar-refractivity contribution >= 4 is 11.9 Å². The average Bonchev–Trinajstić information content (AvgIpc) is 3.17. The van der Waals surface area contributed by atoms with Crippen LogP contribution in [-0.2, 0) is 23.8 Å². The van der Waals surface area contributed by atoms with E-state index in [0.29, 0.717) is 19.4 Å². The zero-order valence-corrected chi connectivity index (χ0v) is 36.0. The van der Waals surface area contributed by atoms with E-state index in [9.17, 15) is 9.59 Å². The molecule has 314 valence electrons. The first-order valence-electron chi connectivity index (χ1n) is 23.2. The summed E-state index contributed by atoms with van der Waals surface area (Å²) in [5.74, 6) is -0.418. The van der Waals surface area contributed by atoms with Gasteiger partial charge in [0.25, 0.3) is 0 Å². The molecule has 0 aliphatic heterocycles. The van der Waals surface area contributed by atoms with Crippen LogP contribution in [0.1, 0.15) is 226 Å². The summed E-state index contributed by atoms with van der Waals surface area (Å²) in [6.07, 6.45) is 53.9. The van der Waals surface area contributed by atoms with E-state index >= 15 is 0 Å². The summed E-state index contributed by atoms with van der Waals surface area (Å²) in [6, 6.07) is 0. The predicted molar refractivity (Wildman–Crippen MR) is 233 cm³/mol. The molecule has 5 nitrogen and oxygen atoms in total. The van der Waals surface area contributed by atoms with Crippen LogP contribution in [0.4, 0.5) is 0 Å². The van der Waals surface area contributed by atoms with Crippen LogP contribution in [0.3, 0.4) is 0 Å². The number of unbranched alkanes of at least 4 members (excludes halogenated alkanes) is 23. The molecule has 54 heavy (non-hydrogen) atoms. The van der Waals surface area contributed by atoms with Crippen LogP contribution in [0.15, 0.2) is 48.6 Å². The lowest BCUT2D eigenvalue weighted by Gasteiger charge is -2.18. The van der Waals surface area contributed by atoms with Gasteiger partial charge in [-0.25, -0.2) is 0 Å². The second kappa shape index (κ2) is 45.3. The second-order valence-electron chi connectivity index (χ2n) is 15.3. The number of ether oxygens (including phenoxy) is 3. The molecule has 0 amide bonds. The number of carbonyl (C=O) groups is 2. The van der Waals surface area contributed by atoms with E-state index in [-0.39, 0.29) is 25.2 Å². The summed E-state index contributed by atoms with van der Waals surface area (Å²) in [7, 11) is 0. The average molecular weight is 757 g/mol. The van der Waals surface area contributed by atoms with Crippen molar-refractivity contribution in [3.05, 3.63) is 48.6 Å². The van der Waals surface area contributed by atoms with Gasteiger partial charge in [-0.05, 0) is 77.0 Å². The van der Waals surface area contributed by atoms with Gasteiger partial charge in [0.05, 0.1) is 6.61 Å². The first-order valence-corrected chi connectivity index (χ1v) is 23.2. The normalized spacial score (nSPS) is 12.6. The molecule has 0 aliphatic rings. The van der Waals surface area contributed by atoms with Gasteiger partial charge in [0.2, 0.25) is 0 Å². The SMILES string of the molecule is CC/C=C\C/C=C\C/C=C\CCCCCCCC(=O)OCC(COCCCCCCCC/C=C\CCCCCC)OC(=O)CCCCCCCCCCC. The van der Waals surface area contributed by atoms with Gasteiger partial charge in [-0.15, -0.1) is 0 Å². The number of hydrogen-bond donors (Lipinski definition) is 0. The van der Waals surface area contributed by atoms with Gasteiger partial charge in [-0.3, -0.25) is 9.59 Å². The summed E-state index contributed by atoms with van der Waals surface area (Å²) < 4.78 is 17.3. The summed E-state index contributed by atoms with van der Waals surface area (Å²) in [6.45, 7) is 7.67. The van der Waals surface area contributed by atoms with Crippen molar-refractivity contribution in [1.29, 1.82) is 0 Å². The lowest BCUT2D eigenvalue weighted by Crippen LogP contribution is -2.30. The summed E-state index contributed by atoms with van der Waals surface area (Å²) >= 11 is 0. The van der Waals surface area contributed by atoms with E-state index in [1.807, 2.05) is 0 Å². The largest absolute Gasteiger partial charge is 0.462 e. The number of rotatable bonds is 42. The smallest absolute Gasteiger partial charge is 0.306 e. The third kappa shape index (κ3) is 42.6. The van der Waals surface area contributed by atoms with Crippen LogP contribution in [0.25, 0.3) is 0 Å². The maximum absolute atomic E-state index is 12.7. The van der Waals surface area contributed by atoms with Gasteiger partial charge in [0, 0.05) is 19.4 Å². The molecule has 0 aromatic carbocycles. The minimum absolute atomic E-state index is 0.0759. The molecule has 0 heterocycles. The van der Waals surface area contributed by atoms with E-state index in [1.165, 1.54) is 122 Å². The third-order valence-corrected chi connectivity index (χ3v) is 9.85. The molecular weight excluding hydrogens is 669 g/mol. The van der Waals surface area contributed by atoms with E-state index in [0.717, 1.165) is 70.6 Å². The number of esters is 2.